The summed E-state index contributed by atoms with van der Waals surface area (Å²) in [6, 6.07) is 14.4. The van der Waals surface area contributed by atoms with Crippen molar-refractivity contribution < 1.29 is 17.9 Å². The lowest BCUT2D eigenvalue weighted by atomic mass is 9.98. The van der Waals surface area contributed by atoms with Crippen LogP contribution in [0.4, 0.5) is 0 Å². The van der Waals surface area contributed by atoms with E-state index in [-0.39, 0.29) is 23.3 Å². The molecule has 1 N–H and O–H groups in total. The van der Waals surface area contributed by atoms with E-state index in [1.54, 1.807) is 24.3 Å². The Balaban J connectivity index is 1.64. The highest BCUT2D eigenvalue weighted by Gasteiger charge is 2.33. The van der Waals surface area contributed by atoms with Crippen molar-refractivity contribution in [2.45, 2.75) is 38.1 Å². The second-order valence-electron chi connectivity index (χ2n) is 7.27. The van der Waals surface area contributed by atoms with Crippen LogP contribution in [0.1, 0.15) is 30.9 Å². The molecule has 1 aliphatic heterocycles. The number of hydrogen-bond acceptors (Lipinski definition) is 4. The molecular weight excluding hydrogens is 388 g/mol. The summed E-state index contributed by atoms with van der Waals surface area (Å²) in [6.07, 6.45) is 1.34. The third kappa shape index (κ3) is 5.16. The third-order valence-electron chi connectivity index (χ3n) is 5.14. The zero-order valence-corrected chi connectivity index (χ0v) is 17.7. The summed E-state index contributed by atoms with van der Waals surface area (Å²) in [5, 5.41) is 2.95. The number of amides is 1. The molecule has 0 aromatic heterocycles. The second kappa shape index (κ2) is 9.41. The number of benzene rings is 2. The van der Waals surface area contributed by atoms with Gasteiger partial charge < -0.3 is 10.1 Å². The zero-order chi connectivity index (χ0) is 20.9. The van der Waals surface area contributed by atoms with Crippen molar-refractivity contribution in [1.82, 2.24) is 9.62 Å². The highest BCUT2D eigenvalue weighted by Crippen LogP contribution is 2.24. The van der Waals surface area contributed by atoms with Crippen LogP contribution in [0.2, 0.25) is 0 Å². The van der Waals surface area contributed by atoms with Crippen LogP contribution in [0, 0.1) is 12.8 Å². The summed E-state index contributed by atoms with van der Waals surface area (Å²) in [7, 11) is -3.59. The standard InChI is InChI=1S/C22H28N2O4S/c1-3-28-21-9-5-4-7-18(21)15-23-22(25)19-8-6-14-24(16-19)29(26,27)20-12-10-17(2)11-13-20/h4-5,7,9-13,19H,3,6,8,14-16H2,1-2H3,(H,23,25). The number of carbonyl (C=O) groups excluding carboxylic acids is 1. The van der Waals surface area contributed by atoms with Crippen molar-refractivity contribution >= 4 is 15.9 Å². The van der Waals surface area contributed by atoms with Crippen molar-refractivity contribution in [1.29, 1.82) is 0 Å². The molecule has 0 radical (unpaired) electrons. The van der Waals surface area contributed by atoms with Gasteiger partial charge in [-0.3, -0.25) is 4.79 Å². The molecule has 1 unspecified atom stereocenters. The van der Waals surface area contributed by atoms with Gasteiger partial charge >= 0.3 is 0 Å². The number of ether oxygens (including phenoxy) is 1. The average molecular weight is 417 g/mol. The number of para-hydroxylation sites is 1. The third-order valence-corrected chi connectivity index (χ3v) is 7.02. The maximum atomic E-state index is 12.9. The summed E-state index contributed by atoms with van der Waals surface area (Å²) in [6.45, 7) is 5.39. The van der Waals surface area contributed by atoms with Gasteiger partial charge in [0.15, 0.2) is 0 Å². The Morgan fingerprint density at radius 1 is 1.17 bits per heavy atom. The summed E-state index contributed by atoms with van der Waals surface area (Å²) in [5.41, 5.74) is 1.91. The van der Waals surface area contributed by atoms with Crippen LogP contribution in [0.25, 0.3) is 0 Å². The van der Waals surface area contributed by atoms with Crippen LogP contribution in [0.15, 0.2) is 53.4 Å². The van der Waals surface area contributed by atoms with Crippen molar-refractivity contribution in [3.63, 3.8) is 0 Å². The molecule has 0 aliphatic carbocycles. The Labute approximate surface area is 172 Å². The number of aryl methyl sites for hydroxylation is 1. The van der Waals surface area contributed by atoms with Crippen LogP contribution in [0.3, 0.4) is 0 Å². The fourth-order valence-electron chi connectivity index (χ4n) is 3.51. The monoisotopic (exact) mass is 416 g/mol. The molecule has 1 fully saturated rings. The van der Waals surface area contributed by atoms with E-state index < -0.39 is 10.0 Å². The minimum atomic E-state index is -3.59. The Hall–Kier alpha value is -2.38. The zero-order valence-electron chi connectivity index (χ0n) is 16.9. The maximum absolute atomic E-state index is 12.9. The molecule has 29 heavy (non-hydrogen) atoms. The van der Waals surface area contributed by atoms with Crippen LogP contribution in [0.5, 0.6) is 5.75 Å². The van der Waals surface area contributed by atoms with Crippen molar-refractivity contribution in [3.8, 4) is 5.75 Å². The number of nitrogens with one attached hydrogen (secondary N) is 1. The van der Waals surface area contributed by atoms with Crippen molar-refractivity contribution in [2.24, 2.45) is 5.92 Å². The number of piperidine rings is 1. The summed E-state index contributed by atoms with van der Waals surface area (Å²) < 4.78 is 32.9. The largest absolute Gasteiger partial charge is 0.494 e. The van der Waals surface area contributed by atoms with Gasteiger partial charge in [-0.25, -0.2) is 8.42 Å². The van der Waals surface area contributed by atoms with Gasteiger partial charge in [-0.15, -0.1) is 0 Å². The van der Waals surface area contributed by atoms with Crippen molar-refractivity contribution in [3.05, 3.63) is 59.7 Å². The fraction of sp³-hybridized carbons (Fsp3) is 0.409. The molecule has 1 atom stereocenters. The Morgan fingerprint density at radius 3 is 2.62 bits per heavy atom. The number of rotatable bonds is 7. The molecule has 2 aromatic carbocycles. The Bertz CT molecular complexity index is 942. The van der Waals surface area contributed by atoms with E-state index in [2.05, 4.69) is 5.32 Å². The van der Waals surface area contributed by atoms with Gasteiger partial charge in [-0.1, -0.05) is 35.9 Å². The molecular formula is C22H28N2O4S. The molecule has 3 rings (SSSR count). The van der Waals surface area contributed by atoms with Gasteiger partial charge in [0.25, 0.3) is 0 Å². The molecule has 6 nitrogen and oxygen atoms in total. The molecule has 156 valence electrons. The SMILES string of the molecule is CCOc1ccccc1CNC(=O)C1CCCN(S(=O)(=O)c2ccc(C)cc2)C1. The van der Waals surface area contributed by atoms with Crippen LogP contribution < -0.4 is 10.1 Å². The van der Waals surface area contributed by atoms with Gasteiger partial charge in [0.2, 0.25) is 15.9 Å². The highest BCUT2D eigenvalue weighted by molar-refractivity contribution is 7.89. The molecule has 1 amide bonds. The van der Waals surface area contributed by atoms with E-state index >= 15 is 0 Å². The summed E-state index contributed by atoms with van der Waals surface area (Å²) in [5.74, 6) is 0.269. The molecule has 0 saturated carbocycles. The average Bonchev–Trinajstić information content (AvgIpc) is 2.73. The minimum Gasteiger partial charge on any atom is -0.494 e. The van der Waals surface area contributed by atoms with E-state index in [4.69, 9.17) is 4.74 Å². The maximum Gasteiger partial charge on any atom is 0.243 e. The van der Waals surface area contributed by atoms with E-state index in [0.29, 0.717) is 32.5 Å². The minimum absolute atomic E-state index is 0.125. The number of hydrogen-bond donors (Lipinski definition) is 1. The normalized spacial score (nSPS) is 17.7. The van der Waals surface area contributed by atoms with Gasteiger partial charge in [0, 0.05) is 25.2 Å². The second-order valence-corrected chi connectivity index (χ2v) is 9.21. The Kier molecular flexibility index (Phi) is 6.92. The van der Waals surface area contributed by atoms with E-state index in [1.165, 1.54) is 4.31 Å². The van der Waals surface area contributed by atoms with E-state index in [1.807, 2.05) is 38.1 Å². The molecule has 7 heteroatoms. The van der Waals surface area contributed by atoms with E-state index in [0.717, 1.165) is 16.9 Å². The fourth-order valence-corrected chi connectivity index (χ4v) is 5.03. The lowest BCUT2D eigenvalue weighted by Crippen LogP contribution is -2.45. The van der Waals surface area contributed by atoms with E-state index in [9.17, 15) is 13.2 Å². The van der Waals surface area contributed by atoms with Crippen LogP contribution in [-0.2, 0) is 21.4 Å². The molecule has 1 saturated heterocycles. The first-order valence-corrected chi connectivity index (χ1v) is 11.4. The van der Waals surface area contributed by atoms with Gasteiger partial charge in [-0.05, 0) is 44.9 Å². The van der Waals surface area contributed by atoms with Crippen LogP contribution in [-0.4, -0.2) is 38.3 Å². The lowest BCUT2D eigenvalue weighted by molar-refractivity contribution is -0.126. The first-order valence-electron chi connectivity index (χ1n) is 9.97. The summed E-state index contributed by atoms with van der Waals surface area (Å²) >= 11 is 0. The smallest absolute Gasteiger partial charge is 0.243 e. The highest BCUT2D eigenvalue weighted by atomic mass is 32.2. The molecule has 0 bridgehead atoms. The predicted octanol–water partition coefficient (Wildman–Crippen LogP) is 3.11. The topological polar surface area (TPSA) is 75.7 Å². The number of carbonyl (C=O) groups is 1. The first-order chi connectivity index (χ1) is 13.9. The van der Waals surface area contributed by atoms with Crippen LogP contribution >= 0.6 is 0 Å². The molecule has 2 aromatic rings. The Morgan fingerprint density at radius 2 is 1.90 bits per heavy atom. The predicted molar refractivity (Wildman–Crippen MR) is 112 cm³/mol. The first kappa shape index (κ1) is 21.3. The quantitative estimate of drug-likeness (QED) is 0.753. The molecule has 1 aliphatic rings. The van der Waals surface area contributed by atoms with Gasteiger partial charge in [0.05, 0.1) is 17.4 Å². The lowest BCUT2D eigenvalue weighted by Gasteiger charge is -2.31. The molecule has 1 heterocycles. The number of sulfonamides is 1. The van der Waals surface area contributed by atoms with Gasteiger partial charge in [-0.2, -0.15) is 4.31 Å². The van der Waals surface area contributed by atoms with Crippen molar-refractivity contribution in [2.75, 3.05) is 19.7 Å². The molecule has 0 spiro atoms. The van der Waals surface area contributed by atoms with Gasteiger partial charge in [0.1, 0.15) is 5.75 Å². The number of nitrogens with zero attached hydrogens (tertiary/aromatic N) is 1. The summed E-state index contributed by atoms with van der Waals surface area (Å²) in [4.78, 5) is 13.0.